The molecule has 114 valence electrons. The van der Waals surface area contributed by atoms with Gasteiger partial charge >= 0.3 is 0 Å². The smallest absolute Gasteiger partial charge is 0.0334 e. The van der Waals surface area contributed by atoms with Crippen LogP contribution in [-0.2, 0) is 6.42 Å². The number of benzene rings is 1. The fourth-order valence-electron chi connectivity index (χ4n) is 3.17. The van der Waals surface area contributed by atoms with Gasteiger partial charge in [-0.25, -0.2) is 0 Å². The highest BCUT2D eigenvalue weighted by molar-refractivity contribution is 9.10. The molecule has 1 aromatic rings. The predicted octanol–water partition coefficient (Wildman–Crippen LogP) is 4.09. The van der Waals surface area contributed by atoms with Crippen LogP contribution in [0.4, 0.5) is 0 Å². The SMILES string of the molecule is CCN(CC)C(C)(CC)C(Cc1cccc(Br)c1)NC. The van der Waals surface area contributed by atoms with Crippen molar-refractivity contribution in [1.82, 2.24) is 10.2 Å². The first-order chi connectivity index (χ1) is 9.51. The van der Waals surface area contributed by atoms with Crippen molar-refractivity contribution in [1.29, 1.82) is 0 Å². The molecule has 0 aliphatic rings. The van der Waals surface area contributed by atoms with Crippen LogP contribution in [-0.4, -0.2) is 36.6 Å². The van der Waals surface area contributed by atoms with Gasteiger partial charge in [0, 0.05) is 16.1 Å². The first-order valence-electron chi connectivity index (χ1n) is 7.68. The molecule has 3 heteroatoms. The molecular formula is C17H29BrN2. The molecular weight excluding hydrogens is 312 g/mol. The molecule has 0 saturated heterocycles. The summed E-state index contributed by atoms with van der Waals surface area (Å²) in [6.45, 7) is 11.4. The lowest BCUT2D eigenvalue weighted by atomic mass is 9.83. The van der Waals surface area contributed by atoms with Gasteiger partial charge < -0.3 is 5.32 Å². The van der Waals surface area contributed by atoms with Crippen molar-refractivity contribution in [3.63, 3.8) is 0 Å². The number of likely N-dealkylation sites (N-methyl/N-ethyl adjacent to an activating group) is 2. The number of nitrogens with zero attached hydrogens (tertiary/aromatic N) is 1. The largest absolute Gasteiger partial charge is 0.315 e. The van der Waals surface area contributed by atoms with E-state index in [1.165, 1.54) is 5.56 Å². The molecule has 1 aromatic carbocycles. The van der Waals surface area contributed by atoms with Crippen LogP contribution in [0.2, 0.25) is 0 Å². The Morgan fingerprint density at radius 2 is 1.90 bits per heavy atom. The van der Waals surface area contributed by atoms with Crippen LogP contribution < -0.4 is 5.32 Å². The number of hydrogen-bond acceptors (Lipinski definition) is 2. The molecule has 0 aliphatic heterocycles. The average molecular weight is 341 g/mol. The lowest BCUT2D eigenvalue weighted by molar-refractivity contribution is 0.0730. The van der Waals surface area contributed by atoms with Crippen LogP contribution in [0, 0.1) is 0 Å². The lowest BCUT2D eigenvalue weighted by Crippen LogP contribution is -2.59. The number of nitrogens with one attached hydrogen (secondary N) is 1. The van der Waals surface area contributed by atoms with E-state index in [0.717, 1.165) is 30.4 Å². The standard InChI is InChI=1S/C17H29BrN2/c1-6-17(4,20(7-2)8-3)16(19-5)13-14-10-9-11-15(18)12-14/h9-12,16,19H,6-8,13H2,1-5H3. The molecule has 0 aliphatic carbocycles. The second-order valence-corrected chi connectivity index (χ2v) is 6.47. The van der Waals surface area contributed by atoms with Gasteiger partial charge in [-0.3, -0.25) is 4.90 Å². The molecule has 0 saturated carbocycles. The highest BCUT2D eigenvalue weighted by atomic mass is 79.9. The number of halogens is 1. The summed E-state index contributed by atoms with van der Waals surface area (Å²) >= 11 is 3.57. The van der Waals surface area contributed by atoms with E-state index in [4.69, 9.17) is 0 Å². The fraction of sp³-hybridized carbons (Fsp3) is 0.647. The van der Waals surface area contributed by atoms with Crippen molar-refractivity contribution < 1.29 is 0 Å². The molecule has 2 nitrogen and oxygen atoms in total. The van der Waals surface area contributed by atoms with Crippen molar-refractivity contribution in [2.75, 3.05) is 20.1 Å². The third-order valence-corrected chi connectivity index (χ3v) is 5.12. The van der Waals surface area contributed by atoms with Crippen molar-refractivity contribution in [2.24, 2.45) is 0 Å². The Labute approximate surface area is 133 Å². The zero-order valence-corrected chi connectivity index (χ0v) is 15.1. The van der Waals surface area contributed by atoms with E-state index in [1.54, 1.807) is 0 Å². The first-order valence-corrected chi connectivity index (χ1v) is 8.47. The molecule has 0 amide bonds. The van der Waals surface area contributed by atoms with E-state index in [2.05, 4.69) is 85.2 Å². The van der Waals surface area contributed by atoms with Crippen molar-refractivity contribution in [3.05, 3.63) is 34.3 Å². The Bertz CT molecular complexity index is 404. The molecule has 20 heavy (non-hydrogen) atoms. The maximum atomic E-state index is 3.57. The monoisotopic (exact) mass is 340 g/mol. The van der Waals surface area contributed by atoms with Crippen LogP contribution in [0.3, 0.4) is 0 Å². The normalized spacial score (nSPS) is 16.1. The van der Waals surface area contributed by atoms with Crippen molar-refractivity contribution in [3.8, 4) is 0 Å². The van der Waals surface area contributed by atoms with E-state index in [1.807, 2.05) is 0 Å². The second-order valence-electron chi connectivity index (χ2n) is 5.56. The third kappa shape index (κ3) is 4.06. The zero-order valence-electron chi connectivity index (χ0n) is 13.5. The summed E-state index contributed by atoms with van der Waals surface area (Å²) in [6.07, 6.45) is 2.20. The summed E-state index contributed by atoms with van der Waals surface area (Å²) in [7, 11) is 2.08. The summed E-state index contributed by atoms with van der Waals surface area (Å²) in [5.41, 5.74) is 1.56. The average Bonchev–Trinajstić information content (AvgIpc) is 2.45. The molecule has 2 unspecified atom stereocenters. The molecule has 0 aromatic heterocycles. The van der Waals surface area contributed by atoms with Gasteiger partial charge in [-0.05, 0) is 57.6 Å². The van der Waals surface area contributed by atoms with E-state index < -0.39 is 0 Å². The second kappa shape index (κ2) is 8.16. The zero-order chi connectivity index (χ0) is 15.2. The van der Waals surface area contributed by atoms with Gasteiger partial charge in [0.15, 0.2) is 0 Å². The maximum Gasteiger partial charge on any atom is 0.0334 e. The van der Waals surface area contributed by atoms with Gasteiger partial charge in [0.25, 0.3) is 0 Å². The molecule has 0 radical (unpaired) electrons. The molecule has 1 rings (SSSR count). The van der Waals surface area contributed by atoms with Crippen LogP contribution in [0.25, 0.3) is 0 Å². The topological polar surface area (TPSA) is 15.3 Å². The van der Waals surface area contributed by atoms with Gasteiger partial charge in [0.1, 0.15) is 0 Å². The fourth-order valence-corrected chi connectivity index (χ4v) is 3.62. The van der Waals surface area contributed by atoms with Crippen LogP contribution in [0.15, 0.2) is 28.7 Å². The highest BCUT2D eigenvalue weighted by Crippen LogP contribution is 2.26. The molecule has 2 atom stereocenters. The number of rotatable bonds is 8. The van der Waals surface area contributed by atoms with E-state index in [0.29, 0.717) is 6.04 Å². The minimum absolute atomic E-state index is 0.181. The quantitative estimate of drug-likeness (QED) is 0.766. The van der Waals surface area contributed by atoms with Gasteiger partial charge in [0.2, 0.25) is 0 Å². The minimum atomic E-state index is 0.181. The number of hydrogen-bond donors (Lipinski definition) is 1. The summed E-state index contributed by atoms with van der Waals surface area (Å²) in [5, 5.41) is 3.55. The van der Waals surface area contributed by atoms with Crippen LogP contribution in [0.5, 0.6) is 0 Å². The van der Waals surface area contributed by atoms with E-state index in [-0.39, 0.29) is 5.54 Å². The van der Waals surface area contributed by atoms with Crippen LogP contribution >= 0.6 is 15.9 Å². The summed E-state index contributed by atoms with van der Waals surface area (Å²) in [4.78, 5) is 2.58. The summed E-state index contributed by atoms with van der Waals surface area (Å²) in [6, 6.07) is 9.09. The third-order valence-electron chi connectivity index (χ3n) is 4.63. The minimum Gasteiger partial charge on any atom is -0.315 e. The molecule has 0 heterocycles. The van der Waals surface area contributed by atoms with Gasteiger partial charge in [-0.1, -0.05) is 48.8 Å². The molecule has 0 spiro atoms. The summed E-state index contributed by atoms with van der Waals surface area (Å²) < 4.78 is 1.16. The van der Waals surface area contributed by atoms with Crippen molar-refractivity contribution >= 4 is 15.9 Å². The Kier molecular flexibility index (Phi) is 7.21. The van der Waals surface area contributed by atoms with Crippen molar-refractivity contribution in [2.45, 2.75) is 52.1 Å². The summed E-state index contributed by atoms with van der Waals surface area (Å²) in [5.74, 6) is 0. The van der Waals surface area contributed by atoms with E-state index >= 15 is 0 Å². The highest BCUT2D eigenvalue weighted by Gasteiger charge is 2.35. The first kappa shape index (κ1) is 17.7. The Balaban J connectivity index is 2.97. The molecule has 0 fully saturated rings. The molecule has 1 N–H and O–H groups in total. The lowest BCUT2D eigenvalue weighted by Gasteiger charge is -2.46. The Morgan fingerprint density at radius 1 is 1.25 bits per heavy atom. The maximum absolute atomic E-state index is 3.57. The predicted molar refractivity (Wildman–Crippen MR) is 92.3 cm³/mol. The van der Waals surface area contributed by atoms with Gasteiger partial charge in [0.05, 0.1) is 0 Å². The van der Waals surface area contributed by atoms with Gasteiger partial charge in [-0.15, -0.1) is 0 Å². The Hall–Kier alpha value is -0.380. The molecule has 0 bridgehead atoms. The van der Waals surface area contributed by atoms with E-state index in [9.17, 15) is 0 Å². The Morgan fingerprint density at radius 3 is 2.35 bits per heavy atom. The van der Waals surface area contributed by atoms with Crippen LogP contribution in [0.1, 0.15) is 39.7 Å². The van der Waals surface area contributed by atoms with Gasteiger partial charge in [-0.2, -0.15) is 0 Å².